The monoisotopic (exact) mass is 222 g/mol. The number of anilines is 1. The Balaban J connectivity index is 2.42. The van der Waals surface area contributed by atoms with Crippen molar-refractivity contribution in [2.75, 3.05) is 5.73 Å². The normalized spacial score (nSPS) is 9.88. The van der Waals surface area contributed by atoms with Crippen molar-refractivity contribution in [1.29, 1.82) is 5.26 Å². The van der Waals surface area contributed by atoms with E-state index in [1.54, 1.807) is 0 Å². The van der Waals surface area contributed by atoms with Crippen LogP contribution in [0.25, 0.3) is 11.1 Å². The van der Waals surface area contributed by atoms with E-state index in [0.717, 1.165) is 28.8 Å². The molecule has 84 valence electrons. The number of nitrogens with two attached hydrogens (primary N) is 1. The fourth-order valence-electron chi connectivity index (χ4n) is 1.83. The second kappa shape index (κ2) is 4.71. The molecule has 0 aliphatic rings. The molecular weight excluding hydrogens is 208 g/mol. The zero-order chi connectivity index (χ0) is 12.3. The summed E-state index contributed by atoms with van der Waals surface area (Å²) in [6.07, 6.45) is 0.927. The Morgan fingerprint density at radius 2 is 1.71 bits per heavy atom. The molecular formula is C15H14N2. The Labute approximate surface area is 101 Å². The van der Waals surface area contributed by atoms with E-state index in [1.165, 1.54) is 0 Å². The fraction of sp³-hybridized carbons (Fsp3) is 0.133. The van der Waals surface area contributed by atoms with Gasteiger partial charge in [0.25, 0.3) is 0 Å². The van der Waals surface area contributed by atoms with Crippen LogP contribution in [0.2, 0.25) is 0 Å². The Morgan fingerprint density at radius 3 is 2.29 bits per heavy atom. The zero-order valence-corrected chi connectivity index (χ0v) is 9.77. The molecule has 0 radical (unpaired) electrons. The van der Waals surface area contributed by atoms with Crippen LogP contribution >= 0.6 is 0 Å². The van der Waals surface area contributed by atoms with Crippen LogP contribution in [-0.4, -0.2) is 0 Å². The van der Waals surface area contributed by atoms with Gasteiger partial charge in [-0.3, -0.25) is 0 Å². The average molecular weight is 222 g/mol. The third kappa shape index (κ3) is 2.29. The second-order valence-corrected chi connectivity index (χ2v) is 3.96. The molecule has 0 heterocycles. The van der Waals surface area contributed by atoms with Gasteiger partial charge in [0.05, 0.1) is 11.6 Å². The minimum Gasteiger partial charge on any atom is -0.399 e. The van der Waals surface area contributed by atoms with Gasteiger partial charge in [-0.2, -0.15) is 5.26 Å². The number of nitrogens with zero attached hydrogens (tertiary/aromatic N) is 1. The SMILES string of the molecule is CCc1cc(-c2ccc(C#N)cc2)ccc1N. The quantitative estimate of drug-likeness (QED) is 0.792. The summed E-state index contributed by atoms with van der Waals surface area (Å²) < 4.78 is 0. The first-order valence-corrected chi connectivity index (χ1v) is 5.63. The van der Waals surface area contributed by atoms with Gasteiger partial charge in [-0.25, -0.2) is 0 Å². The standard InChI is InChI=1S/C15H14N2/c1-2-12-9-14(7-8-15(12)17)13-5-3-11(10-16)4-6-13/h3-9H,2,17H2,1H3. The van der Waals surface area contributed by atoms with E-state index in [9.17, 15) is 0 Å². The van der Waals surface area contributed by atoms with Crippen molar-refractivity contribution in [2.24, 2.45) is 0 Å². The summed E-state index contributed by atoms with van der Waals surface area (Å²) >= 11 is 0. The van der Waals surface area contributed by atoms with Gasteiger partial charge in [-0.15, -0.1) is 0 Å². The highest BCUT2D eigenvalue weighted by Gasteiger charge is 2.02. The van der Waals surface area contributed by atoms with E-state index < -0.39 is 0 Å². The summed E-state index contributed by atoms with van der Waals surface area (Å²) in [5.74, 6) is 0. The molecule has 17 heavy (non-hydrogen) atoms. The van der Waals surface area contributed by atoms with E-state index in [1.807, 2.05) is 36.4 Å². The summed E-state index contributed by atoms with van der Waals surface area (Å²) in [5, 5.41) is 8.75. The summed E-state index contributed by atoms with van der Waals surface area (Å²) in [7, 11) is 0. The van der Waals surface area contributed by atoms with Crippen molar-refractivity contribution >= 4 is 5.69 Å². The van der Waals surface area contributed by atoms with Crippen molar-refractivity contribution in [3.05, 3.63) is 53.6 Å². The third-order valence-electron chi connectivity index (χ3n) is 2.87. The van der Waals surface area contributed by atoms with Gasteiger partial charge in [-0.05, 0) is 47.4 Å². The van der Waals surface area contributed by atoms with Gasteiger partial charge in [0, 0.05) is 5.69 Å². The molecule has 0 aromatic heterocycles. The summed E-state index contributed by atoms with van der Waals surface area (Å²) in [6.45, 7) is 2.09. The number of rotatable bonds is 2. The van der Waals surface area contributed by atoms with Crippen LogP contribution in [0, 0.1) is 11.3 Å². The molecule has 2 heteroatoms. The van der Waals surface area contributed by atoms with E-state index in [4.69, 9.17) is 11.0 Å². The molecule has 2 N–H and O–H groups in total. The fourth-order valence-corrected chi connectivity index (χ4v) is 1.83. The Bertz CT molecular complexity index is 562. The smallest absolute Gasteiger partial charge is 0.0991 e. The van der Waals surface area contributed by atoms with Crippen molar-refractivity contribution in [1.82, 2.24) is 0 Å². The molecule has 0 bridgehead atoms. The number of nitriles is 1. The van der Waals surface area contributed by atoms with Gasteiger partial charge in [-0.1, -0.05) is 25.1 Å². The van der Waals surface area contributed by atoms with E-state index in [-0.39, 0.29) is 0 Å². The van der Waals surface area contributed by atoms with Crippen LogP contribution in [0.5, 0.6) is 0 Å². The van der Waals surface area contributed by atoms with Crippen molar-refractivity contribution in [2.45, 2.75) is 13.3 Å². The number of hydrogen-bond donors (Lipinski definition) is 1. The first kappa shape index (κ1) is 11.2. The van der Waals surface area contributed by atoms with Crippen LogP contribution in [0.15, 0.2) is 42.5 Å². The van der Waals surface area contributed by atoms with Crippen molar-refractivity contribution in [3.63, 3.8) is 0 Å². The molecule has 0 spiro atoms. The molecule has 0 aliphatic heterocycles. The van der Waals surface area contributed by atoms with Gasteiger partial charge in [0.1, 0.15) is 0 Å². The summed E-state index contributed by atoms with van der Waals surface area (Å²) in [6, 6.07) is 15.8. The molecule has 2 aromatic rings. The Hall–Kier alpha value is -2.27. The van der Waals surface area contributed by atoms with Gasteiger partial charge >= 0.3 is 0 Å². The molecule has 0 amide bonds. The molecule has 0 unspecified atom stereocenters. The van der Waals surface area contributed by atoms with Gasteiger partial charge in [0.15, 0.2) is 0 Å². The van der Waals surface area contributed by atoms with E-state index in [0.29, 0.717) is 5.56 Å². The first-order chi connectivity index (χ1) is 8.24. The van der Waals surface area contributed by atoms with Crippen molar-refractivity contribution in [3.8, 4) is 17.2 Å². The van der Waals surface area contributed by atoms with Gasteiger partial charge < -0.3 is 5.73 Å². The second-order valence-electron chi connectivity index (χ2n) is 3.96. The highest BCUT2D eigenvalue weighted by molar-refractivity contribution is 5.68. The van der Waals surface area contributed by atoms with E-state index in [2.05, 4.69) is 19.1 Å². The Kier molecular flexibility index (Phi) is 3.11. The minimum atomic E-state index is 0.680. The highest BCUT2D eigenvalue weighted by Crippen LogP contribution is 2.24. The van der Waals surface area contributed by atoms with Crippen LogP contribution in [0.1, 0.15) is 18.1 Å². The number of hydrogen-bond acceptors (Lipinski definition) is 2. The summed E-state index contributed by atoms with van der Waals surface area (Å²) in [4.78, 5) is 0. The maximum absolute atomic E-state index is 8.75. The molecule has 2 nitrogen and oxygen atoms in total. The van der Waals surface area contributed by atoms with Crippen LogP contribution < -0.4 is 5.73 Å². The minimum absolute atomic E-state index is 0.680. The van der Waals surface area contributed by atoms with Crippen molar-refractivity contribution < 1.29 is 0 Å². The predicted molar refractivity (Wildman–Crippen MR) is 70.4 cm³/mol. The summed E-state index contributed by atoms with van der Waals surface area (Å²) in [5.41, 5.74) is 10.8. The highest BCUT2D eigenvalue weighted by atomic mass is 14.6. The number of aryl methyl sites for hydroxylation is 1. The first-order valence-electron chi connectivity index (χ1n) is 5.63. The lowest BCUT2D eigenvalue weighted by Crippen LogP contribution is -1.93. The predicted octanol–water partition coefficient (Wildman–Crippen LogP) is 3.37. The van der Waals surface area contributed by atoms with E-state index >= 15 is 0 Å². The topological polar surface area (TPSA) is 49.8 Å². The average Bonchev–Trinajstić information content (AvgIpc) is 2.39. The largest absolute Gasteiger partial charge is 0.399 e. The molecule has 2 aromatic carbocycles. The molecule has 0 aliphatic carbocycles. The Morgan fingerprint density at radius 1 is 1.06 bits per heavy atom. The van der Waals surface area contributed by atoms with Crippen LogP contribution in [0.3, 0.4) is 0 Å². The van der Waals surface area contributed by atoms with Gasteiger partial charge in [0.2, 0.25) is 0 Å². The number of benzene rings is 2. The third-order valence-corrected chi connectivity index (χ3v) is 2.87. The molecule has 0 fully saturated rings. The molecule has 0 saturated carbocycles. The zero-order valence-electron chi connectivity index (χ0n) is 9.77. The molecule has 0 saturated heterocycles. The number of nitrogen functional groups attached to an aromatic ring is 1. The van der Waals surface area contributed by atoms with Crippen LogP contribution in [0.4, 0.5) is 5.69 Å². The lowest BCUT2D eigenvalue weighted by atomic mass is 10.00. The lowest BCUT2D eigenvalue weighted by molar-refractivity contribution is 1.15. The molecule has 0 atom stereocenters. The maximum Gasteiger partial charge on any atom is 0.0991 e. The van der Waals surface area contributed by atoms with Crippen LogP contribution in [-0.2, 0) is 6.42 Å². The lowest BCUT2D eigenvalue weighted by Gasteiger charge is -2.07. The maximum atomic E-state index is 8.75. The molecule has 2 rings (SSSR count).